The van der Waals surface area contributed by atoms with Gasteiger partial charge < -0.3 is 14.8 Å². The second-order valence-electron chi connectivity index (χ2n) is 4.53. The lowest BCUT2D eigenvalue weighted by molar-refractivity contribution is 0.109. The Balaban J connectivity index is 2.38. The molecule has 0 aliphatic carbocycles. The van der Waals surface area contributed by atoms with Gasteiger partial charge >= 0.3 is 0 Å². The van der Waals surface area contributed by atoms with Crippen molar-refractivity contribution in [2.75, 3.05) is 6.54 Å². The predicted molar refractivity (Wildman–Crippen MR) is 65.3 cm³/mol. The highest BCUT2D eigenvalue weighted by molar-refractivity contribution is 5.08. The lowest BCUT2D eigenvalue weighted by Crippen LogP contribution is -2.32. The molecular weight excluding hydrogens is 202 g/mol. The van der Waals surface area contributed by atoms with Crippen molar-refractivity contribution in [1.82, 2.24) is 5.32 Å². The number of rotatable bonds is 6. The Morgan fingerprint density at radius 1 is 1.38 bits per heavy atom. The molecule has 0 fully saturated rings. The molecule has 3 nitrogen and oxygen atoms in total. The number of aliphatic hydroxyl groups is 1. The maximum absolute atomic E-state index is 9.83. The Kier molecular flexibility index (Phi) is 5.03. The summed E-state index contributed by atoms with van der Waals surface area (Å²) < 4.78 is 5.52. The van der Waals surface area contributed by atoms with E-state index >= 15 is 0 Å². The smallest absolute Gasteiger partial charge is 0.120 e. The van der Waals surface area contributed by atoms with E-state index in [0.717, 1.165) is 17.9 Å². The highest BCUT2D eigenvalue weighted by atomic mass is 16.3. The first-order chi connectivity index (χ1) is 7.54. The van der Waals surface area contributed by atoms with Gasteiger partial charge in [-0.3, -0.25) is 0 Å². The first kappa shape index (κ1) is 13.3. The van der Waals surface area contributed by atoms with E-state index in [0.29, 0.717) is 12.5 Å². The highest BCUT2D eigenvalue weighted by Crippen LogP contribution is 2.16. The first-order valence-electron chi connectivity index (χ1n) is 6.02. The molecule has 0 saturated carbocycles. The van der Waals surface area contributed by atoms with Crippen molar-refractivity contribution in [3.8, 4) is 0 Å². The molecule has 3 atom stereocenters. The van der Waals surface area contributed by atoms with Crippen molar-refractivity contribution in [3.63, 3.8) is 0 Å². The van der Waals surface area contributed by atoms with Crippen LogP contribution in [0, 0.1) is 12.8 Å². The Bertz CT molecular complexity index is 309. The molecule has 0 saturated heterocycles. The van der Waals surface area contributed by atoms with Crippen LogP contribution in [0.1, 0.15) is 44.8 Å². The summed E-state index contributed by atoms with van der Waals surface area (Å²) in [7, 11) is 0. The monoisotopic (exact) mass is 225 g/mol. The van der Waals surface area contributed by atoms with E-state index in [2.05, 4.69) is 19.2 Å². The summed E-state index contributed by atoms with van der Waals surface area (Å²) in [5.74, 6) is 2.18. The van der Waals surface area contributed by atoms with E-state index in [1.807, 2.05) is 26.0 Å². The van der Waals surface area contributed by atoms with E-state index in [1.54, 1.807) is 0 Å². The van der Waals surface area contributed by atoms with Crippen molar-refractivity contribution in [1.29, 1.82) is 0 Å². The second kappa shape index (κ2) is 6.06. The van der Waals surface area contributed by atoms with E-state index < -0.39 is 0 Å². The van der Waals surface area contributed by atoms with E-state index in [-0.39, 0.29) is 12.1 Å². The van der Waals surface area contributed by atoms with Gasteiger partial charge in [-0.25, -0.2) is 0 Å². The van der Waals surface area contributed by atoms with Crippen molar-refractivity contribution in [2.45, 2.75) is 46.3 Å². The zero-order valence-corrected chi connectivity index (χ0v) is 10.7. The molecule has 92 valence electrons. The molecule has 0 aliphatic rings. The van der Waals surface area contributed by atoms with Gasteiger partial charge in [0.2, 0.25) is 0 Å². The third-order valence-corrected chi connectivity index (χ3v) is 3.12. The van der Waals surface area contributed by atoms with Crippen LogP contribution in [0.4, 0.5) is 0 Å². The van der Waals surface area contributed by atoms with Gasteiger partial charge in [0.05, 0.1) is 12.1 Å². The molecule has 1 aromatic rings. The van der Waals surface area contributed by atoms with Gasteiger partial charge in [0.1, 0.15) is 11.5 Å². The Morgan fingerprint density at radius 3 is 2.56 bits per heavy atom. The molecule has 0 radical (unpaired) electrons. The van der Waals surface area contributed by atoms with Crippen LogP contribution >= 0.6 is 0 Å². The second-order valence-corrected chi connectivity index (χ2v) is 4.53. The van der Waals surface area contributed by atoms with Crippen molar-refractivity contribution in [2.24, 2.45) is 5.92 Å². The summed E-state index contributed by atoms with van der Waals surface area (Å²) >= 11 is 0. The minimum atomic E-state index is -0.288. The number of aryl methyl sites for hydroxylation is 1. The van der Waals surface area contributed by atoms with Crippen LogP contribution in [-0.4, -0.2) is 17.8 Å². The molecule has 1 aromatic heterocycles. The fraction of sp³-hybridized carbons (Fsp3) is 0.692. The average molecular weight is 225 g/mol. The maximum atomic E-state index is 9.83. The van der Waals surface area contributed by atoms with E-state index in [4.69, 9.17) is 4.42 Å². The molecule has 1 rings (SSSR count). The Morgan fingerprint density at radius 2 is 2.06 bits per heavy atom. The van der Waals surface area contributed by atoms with Crippen molar-refractivity contribution >= 4 is 0 Å². The standard InChI is InChI=1S/C13H23NO2/c1-5-9(2)12(15)8-14-11(4)13-7-6-10(3)16-13/h6-7,9,11-12,14-15H,5,8H2,1-4H3. The van der Waals surface area contributed by atoms with Crippen molar-refractivity contribution < 1.29 is 9.52 Å². The predicted octanol–water partition coefficient (Wildman–Crippen LogP) is 2.65. The Hall–Kier alpha value is -0.800. The van der Waals surface area contributed by atoms with Gasteiger partial charge in [0.25, 0.3) is 0 Å². The minimum Gasteiger partial charge on any atom is -0.465 e. The third kappa shape index (κ3) is 3.65. The molecule has 0 aliphatic heterocycles. The van der Waals surface area contributed by atoms with Crippen LogP contribution in [0.15, 0.2) is 16.5 Å². The van der Waals surface area contributed by atoms with Crippen LogP contribution in [-0.2, 0) is 0 Å². The zero-order chi connectivity index (χ0) is 12.1. The molecule has 0 aromatic carbocycles. The van der Waals surface area contributed by atoms with Gasteiger partial charge in [-0.05, 0) is 31.9 Å². The zero-order valence-electron chi connectivity index (χ0n) is 10.7. The maximum Gasteiger partial charge on any atom is 0.120 e. The summed E-state index contributed by atoms with van der Waals surface area (Å²) in [5, 5.41) is 13.1. The van der Waals surface area contributed by atoms with E-state index in [9.17, 15) is 5.11 Å². The first-order valence-corrected chi connectivity index (χ1v) is 6.02. The number of hydrogen-bond acceptors (Lipinski definition) is 3. The van der Waals surface area contributed by atoms with Gasteiger partial charge in [-0.1, -0.05) is 20.3 Å². The van der Waals surface area contributed by atoms with Crippen LogP contribution < -0.4 is 5.32 Å². The molecule has 3 unspecified atom stereocenters. The highest BCUT2D eigenvalue weighted by Gasteiger charge is 2.15. The average Bonchev–Trinajstić information content (AvgIpc) is 2.71. The molecule has 16 heavy (non-hydrogen) atoms. The van der Waals surface area contributed by atoms with Gasteiger partial charge in [0.15, 0.2) is 0 Å². The summed E-state index contributed by atoms with van der Waals surface area (Å²) in [5.41, 5.74) is 0. The largest absolute Gasteiger partial charge is 0.465 e. The molecule has 3 heteroatoms. The van der Waals surface area contributed by atoms with Gasteiger partial charge in [0, 0.05) is 6.54 Å². The summed E-state index contributed by atoms with van der Waals surface area (Å²) in [6.45, 7) is 8.74. The lowest BCUT2D eigenvalue weighted by Gasteiger charge is -2.20. The van der Waals surface area contributed by atoms with Gasteiger partial charge in [-0.2, -0.15) is 0 Å². The van der Waals surface area contributed by atoms with Crippen molar-refractivity contribution in [3.05, 3.63) is 23.7 Å². The SMILES string of the molecule is CCC(C)C(O)CNC(C)c1ccc(C)o1. The number of hydrogen-bond donors (Lipinski definition) is 2. The van der Waals surface area contributed by atoms with Crippen LogP contribution in [0.5, 0.6) is 0 Å². The van der Waals surface area contributed by atoms with E-state index in [1.165, 1.54) is 0 Å². The molecular formula is C13H23NO2. The molecule has 0 amide bonds. The molecule has 0 bridgehead atoms. The molecule has 1 heterocycles. The quantitative estimate of drug-likeness (QED) is 0.782. The van der Waals surface area contributed by atoms with Crippen LogP contribution in [0.2, 0.25) is 0 Å². The van der Waals surface area contributed by atoms with Gasteiger partial charge in [-0.15, -0.1) is 0 Å². The summed E-state index contributed by atoms with van der Waals surface area (Å²) in [4.78, 5) is 0. The molecule has 2 N–H and O–H groups in total. The number of furan rings is 1. The third-order valence-electron chi connectivity index (χ3n) is 3.12. The fourth-order valence-electron chi connectivity index (χ4n) is 1.56. The van der Waals surface area contributed by atoms with Crippen LogP contribution in [0.3, 0.4) is 0 Å². The normalized spacial score (nSPS) is 17.1. The number of aliphatic hydroxyl groups excluding tert-OH is 1. The Labute approximate surface area is 97.9 Å². The summed E-state index contributed by atoms with van der Waals surface area (Å²) in [6.07, 6.45) is 0.709. The minimum absolute atomic E-state index is 0.146. The number of nitrogens with one attached hydrogen (secondary N) is 1. The fourth-order valence-corrected chi connectivity index (χ4v) is 1.56. The summed E-state index contributed by atoms with van der Waals surface area (Å²) in [6, 6.07) is 4.08. The van der Waals surface area contributed by atoms with Crippen LogP contribution in [0.25, 0.3) is 0 Å². The molecule has 0 spiro atoms. The lowest BCUT2D eigenvalue weighted by atomic mass is 10.0. The topological polar surface area (TPSA) is 45.4 Å².